The Morgan fingerprint density at radius 1 is 0.917 bits per heavy atom. The molecule has 1 amide bonds. The summed E-state index contributed by atoms with van der Waals surface area (Å²) in [6.07, 6.45) is 1.42. The molecule has 0 spiro atoms. The number of carbonyl (C=O) groups excluding carboxylic acids is 2. The minimum Gasteiger partial charge on any atom is -0.459 e. The number of nitrogens with one attached hydrogen (secondary N) is 1. The van der Waals surface area contributed by atoms with E-state index in [2.05, 4.69) is 10.4 Å². The lowest BCUT2D eigenvalue weighted by molar-refractivity contribution is -0.132. The molecule has 0 radical (unpaired) electrons. The van der Waals surface area contributed by atoms with Gasteiger partial charge in [-0.2, -0.15) is 9.78 Å². The summed E-state index contributed by atoms with van der Waals surface area (Å²) in [4.78, 5) is 24.4. The van der Waals surface area contributed by atoms with Gasteiger partial charge in [-0.05, 0) is 54.1 Å². The van der Waals surface area contributed by atoms with Gasteiger partial charge in [0.1, 0.15) is 11.5 Å². The molecule has 2 aromatic heterocycles. The van der Waals surface area contributed by atoms with Crippen molar-refractivity contribution in [3.05, 3.63) is 109 Å². The summed E-state index contributed by atoms with van der Waals surface area (Å²) in [5, 5.41) is 7.42. The monoisotopic (exact) mass is 481 g/mol. The van der Waals surface area contributed by atoms with Crippen molar-refractivity contribution in [3.63, 3.8) is 0 Å². The fourth-order valence-corrected chi connectivity index (χ4v) is 3.80. The zero-order valence-electron chi connectivity index (χ0n) is 19.1. The highest BCUT2D eigenvalue weighted by molar-refractivity contribution is 6.02. The van der Waals surface area contributed by atoms with Crippen LogP contribution in [-0.2, 0) is 4.79 Å². The molecular weight excluding hydrogens is 461 g/mol. The van der Waals surface area contributed by atoms with Crippen LogP contribution in [-0.4, -0.2) is 21.7 Å². The Hall–Kier alpha value is -4.98. The van der Waals surface area contributed by atoms with E-state index >= 15 is 0 Å². The molecule has 0 fully saturated rings. The van der Waals surface area contributed by atoms with E-state index in [1.54, 1.807) is 54.6 Å². The Balaban J connectivity index is 1.64. The van der Waals surface area contributed by atoms with Crippen molar-refractivity contribution in [3.8, 4) is 34.0 Å². The number of furan rings is 1. The number of ether oxygens (including phenoxy) is 1. The van der Waals surface area contributed by atoms with Gasteiger partial charge in [0, 0.05) is 18.2 Å². The van der Waals surface area contributed by atoms with Gasteiger partial charge in [0.05, 0.1) is 17.5 Å². The summed E-state index contributed by atoms with van der Waals surface area (Å²) < 4.78 is 27.1. The zero-order valence-corrected chi connectivity index (χ0v) is 19.1. The van der Waals surface area contributed by atoms with Crippen LogP contribution in [0.2, 0.25) is 0 Å². The second-order valence-electron chi connectivity index (χ2n) is 7.86. The smallest absolute Gasteiger partial charge is 0.309 e. The maximum atomic E-state index is 14.9. The zero-order chi connectivity index (χ0) is 25.1. The first kappa shape index (κ1) is 22.8. The van der Waals surface area contributed by atoms with Crippen molar-refractivity contribution in [2.75, 3.05) is 5.32 Å². The summed E-state index contributed by atoms with van der Waals surface area (Å²) in [5.74, 6) is -1.07. The minimum atomic E-state index is -0.546. The van der Waals surface area contributed by atoms with E-state index in [1.807, 2.05) is 30.3 Å². The highest BCUT2D eigenvalue weighted by Gasteiger charge is 2.26. The van der Waals surface area contributed by atoms with Crippen LogP contribution in [0, 0.1) is 5.82 Å². The van der Waals surface area contributed by atoms with E-state index in [9.17, 15) is 14.0 Å². The number of carbonyl (C=O) groups is 2. The lowest BCUT2D eigenvalue weighted by Gasteiger charge is -2.10. The molecule has 7 nitrogen and oxygen atoms in total. The number of nitrogens with zero attached hydrogens (tertiary/aromatic N) is 2. The number of esters is 1. The van der Waals surface area contributed by atoms with Gasteiger partial charge in [-0.15, -0.1) is 0 Å². The van der Waals surface area contributed by atoms with Gasteiger partial charge in [-0.25, -0.2) is 4.39 Å². The predicted molar refractivity (Wildman–Crippen MR) is 132 cm³/mol. The first-order chi connectivity index (χ1) is 17.5. The van der Waals surface area contributed by atoms with Crippen molar-refractivity contribution in [1.82, 2.24) is 9.78 Å². The van der Waals surface area contributed by atoms with E-state index < -0.39 is 17.7 Å². The second kappa shape index (κ2) is 9.71. The largest absolute Gasteiger partial charge is 0.459 e. The van der Waals surface area contributed by atoms with Crippen LogP contribution in [0.1, 0.15) is 17.5 Å². The van der Waals surface area contributed by atoms with Gasteiger partial charge in [0.25, 0.3) is 5.91 Å². The van der Waals surface area contributed by atoms with Crippen molar-refractivity contribution in [2.24, 2.45) is 0 Å². The van der Waals surface area contributed by atoms with Crippen molar-refractivity contribution < 1.29 is 23.1 Å². The molecule has 0 unspecified atom stereocenters. The maximum Gasteiger partial charge on any atom is 0.309 e. The van der Waals surface area contributed by atoms with E-state index in [4.69, 9.17) is 9.15 Å². The normalized spacial score (nSPS) is 10.7. The Morgan fingerprint density at radius 2 is 1.64 bits per heavy atom. The third kappa shape index (κ3) is 4.52. The number of aromatic nitrogens is 2. The van der Waals surface area contributed by atoms with Crippen LogP contribution < -0.4 is 10.1 Å². The standard InChI is InChI=1S/C28H20FN3O4/c1-18(33)36-28-25(19-13-15-20(16-14-19)30-27(34)24-12-7-17-35-24)26(22-10-5-6-11-23(22)29)31-32(28)21-8-3-2-4-9-21/h2-17H,1H3,(H,30,34). The van der Waals surface area contributed by atoms with Gasteiger partial charge >= 0.3 is 5.97 Å². The third-order valence-corrected chi connectivity index (χ3v) is 5.39. The quantitative estimate of drug-likeness (QED) is 0.296. The van der Waals surface area contributed by atoms with Crippen LogP contribution in [0.3, 0.4) is 0 Å². The third-order valence-electron chi connectivity index (χ3n) is 5.39. The molecule has 36 heavy (non-hydrogen) atoms. The molecule has 0 aliphatic rings. The average molecular weight is 481 g/mol. The molecule has 0 saturated carbocycles. The number of hydrogen-bond acceptors (Lipinski definition) is 5. The highest BCUT2D eigenvalue weighted by Crippen LogP contribution is 2.41. The van der Waals surface area contributed by atoms with Crippen LogP contribution >= 0.6 is 0 Å². The molecule has 5 aromatic rings. The van der Waals surface area contributed by atoms with E-state index in [0.29, 0.717) is 28.2 Å². The van der Waals surface area contributed by atoms with Gasteiger partial charge < -0.3 is 14.5 Å². The molecule has 0 aliphatic carbocycles. The second-order valence-corrected chi connectivity index (χ2v) is 7.86. The molecule has 178 valence electrons. The Bertz CT molecular complexity index is 1530. The molecule has 3 aromatic carbocycles. The lowest BCUT2D eigenvalue weighted by Crippen LogP contribution is -2.10. The van der Waals surface area contributed by atoms with Crippen LogP contribution in [0.5, 0.6) is 5.88 Å². The number of para-hydroxylation sites is 1. The predicted octanol–water partition coefficient (Wildman–Crippen LogP) is 6.12. The van der Waals surface area contributed by atoms with E-state index in [1.165, 1.54) is 23.9 Å². The Kier molecular flexibility index (Phi) is 6.15. The van der Waals surface area contributed by atoms with Crippen molar-refractivity contribution >= 4 is 17.6 Å². The number of hydrogen-bond donors (Lipinski definition) is 1. The number of benzene rings is 3. The maximum absolute atomic E-state index is 14.9. The summed E-state index contributed by atoms with van der Waals surface area (Å²) >= 11 is 0. The van der Waals surface area contributed by atoms with Crippen molar-refractivity contribution in [2.45, 2.75) is 6.92 Å². The molecule has 1 N–H and O–H groups in total. The SMILES string of the molecule is CC(=O)Oc1c(-c2ccc(NC(=O)c3ccco3)cc2)c(-c2ccccc2F)nn1-c1ccccc1. The summed E-state index contributed by atoms with van der Waals surface area (Å²) in [6, 6.07) is 25.4. The molecule has 0 atom stereocenters. The number of amides is 1. The first-order valence-corrected chi connectivity index (χ1v) is 11.1. The lowest BCUT2D eigenvalue weighted by atomic mass is 10.0. The van der Waals surface area contributed by atoms with Gasteiger partial charge in [-0.3, -0.25) is 9.59 Å². The number of halogens is 1. The van der Waals surface area contributed by atoms with Gasteiger partial charge in [0.15, 0.2) is 5.76 Å². The molecule has 8 heteroatoms. The minimum absolute atomic E-state index is 0.152. The Labute approximate surface area is 205 Å². The van der Waals surface area contributed by atoms with E-state index in [-0.39, 0.29) is 17.2 Å². The summed E-state index contributed by atoms with van der Waals surface area (Å²) in [7, 11) is 0. The topological polar surface area (TPSA) is 86.4 Å². The fraction of sp³-hybridized carbons (Fsp3) is 0.0357. The molecule has 0 aliphatic heterocycles. The summed E-state index contributed by atoms with van der Waals surface area (Å²) in [5.41, 5.74) is 2.77. The van der Waals surface area contributed by atoms with Crippen molar-refractivity contribution in [1.29, 1.82) is 0 Å². The molecule has 0 saturated heterocycles. The van der Waals surface area contributed by atoms with Crippen LogP contribution in [0.25, 0.3) is 28.1 Å². The fourth-order valence-electron chi connectivity index (χ4n) is 3.80. The molecular formula is C28H20FN3O4. The van der Waals surface area contributed by atoms with Gasteiger partial charge in [-0.1, -0.05) is 42.5 Å². The van der Waals surface area contributed by atoms with Gasteiger partial charge in [0.2, 0.25) is 5.88 Å². The highest BCUT2D eigenvalue weighted by atomic mass is 19.1. The molecule has 2 heterocycles. The average Bonchev–Trinajstić information content (AvgIpc) is 3.54. The van der Waals surface area contributed by atoms with Crippen LogP contribution in [0.4, 0.5) is 10.1 Å². The molecule has 0 bridgehead atoms. The van der Waals surface area contributed by atoms with E-state index in [0.717, 1.165) is 0 Å². The summed E-state index contributed by atoms with van der Waals surface area (Å²) in [6.45, 7) is 1.29. The first-order valence-electron chi connectivity index (χ1n) is 11.1. The Morgan fingerprint density at radius 3 is 2.31 bits per heavy atom. The number of rotatable bonds is 6. The van der Waals surface area contributed by atoms with Crippen LogP contribution in [0.15, 0.2) is 102 Å². The molecule has 5 rings (SSSR count). The number of anilines is 1.